The van der Waals surface area contributed by atoms with E-state index in [-0.39, 0.29) is 6.04 Å². The average Bonchev–Trinajstić information content (AvgIpc) is 2.52. The molecule has 0 amide bonds. The molecule has 0 saturated heterocycles. The van der Waals surface area contributed by atoms with E-state index >= 15 is 0 Å². The summed E-state index contributed by atoms with van der Waals surface area (Å²) in [4.78, 5) is 0. The Morgan fingerprint density at radius 1 is 1.33 bits per heavy atom. The molecule has 1 unspecified atom stereocenters. The smallest absolute Gasteiger partial charge is 0.105 e. The summed E-state index contributed by atoms with van der Waals surface area (Å²) in [6.45, 7) is 4.18. The van der Waals surface area contributed by atoms with E-state index < -0.39 is 0 Å². The monoisotopic (exact) mass is 167 g/mol. The minimum Gasteiger partial charge on any atom is -0.466 e. The van der Waals surface area contributed by atoms with Crippen LogP contribution in [0.3, 0.4) is 0 Å². The maximum Gasteiger partial charge on any atom is 0.105 e. The summed E-state index contributed by atoms with van der Waals surface area (Å²) in [5.41, 5.74) is 5.80. The fourth-order valence-corrected chi connectivity index (χ4v) is 1.12. The van der Waals surface area contributed by atoms with Gasteiger partial charge in [-0.15, -0.1) is 0 Å². The molecule has 0 aliphatic heterocycles. The second kappa shape index (κ2) is 4.31. The van der Waals surface area contributed by atoms with Gasteiger partial charge in [0.25, 0.3) is 0 Å². The largest absolute Gasteiger partial charge is 0.466 e. The molecule has 2 nitrogen and oxygen atoms in total. The lowest BCUT2D eigenvalue weighted by atomic mass is 10.1. The van der Waals surface area contributed by atoms with Crippen LogP contribution in [0, 0.1) is 0 Å². The van der Waals surface area contributed by atoms with Gasteiger partial charge in [-0.1, -0.05) is 13.8 Å². The number of hydrogen-bond acceptors (Lipinski definition) is 2. The molecular formula is C10H17NO. The summed E-state index contributed by atoms with van der Waals surface area (Å²) in [7, 11) is 0. The highest BCUT2D eigenvalue weighted by molar-refractivity contribution is 5.08. The van der Waals surface area contributed by atoms with E-state index in [1.807, 2.05) is 12.1 Å². The number of aryl methyl sites for hydroxylation is 1. The minimum atomic E-state index is 0.237. The maximum absolute atomic E-state index is 5.80. The van der Waals surface area contributed by atoms with Crippen molar-refractivity contribution in [1.82, 2.24) is 0 Å². The van der Waals surface area contributed by atoms with E-state index in [9.17, 15) is 0 Å². The van der Waals surface area contributed by atoms with E-state index in [1.54, 1.807) is 0 Å². The van der Waals surface area contributed by atoms with E-state index in [2.05, 4.69) is 13.8 Å². The molecule has 0 aliphatic carbocycles. The zero-order chi connectivity index (χ0) is 8.97. The SMILES string of the molecule is CCc1ccc(CC(N)CC)o1. The summed E-state index contributed by atoms with van der Waals surface area (Å²) in [6, 6.07) is 4.28. The van der Waals surface area contributed by atoms with Gasteiger partial charge in [0.2, 0.25) is 0 Å². The summed E-state index contributed by atoms with van der Waals surface area (Å²) in [6.07, 6.45) is 2.82. The van der Waals surface area contributed by atoms with Crippen molar-refractivity contribution in [2.45, 2.75) is 39.2 Å². The molecule has 0 saturated carbocycles. The molecule has 1 atom stereocenters. The van der Waals surface area contributed by atoms with Crippen LogP contribution in [-0.2, 0) is 12.8 Å². The Morgan fingerprint density at radius 2 is 2.00 bits per heavy atom. The topological polar surface area (TPSA) is 39.2 Å². The van der Waals surface area contributed by atoms with Crippen molar-refractivity contribution in [3.8, 4) is 0 Å². The molecular weight excluding hydrogens is 150 g/mol. The zero-order valence-corrected chi connectivity index (χ0v) is 7.84. The van der Waals surface area contributed by atoms with Crippen LogP contribution in [0.15, 0.2) is 16.5 Å². The van der Waals surface area contributed by atoms with Crippen LogP contribution in [0.4, 0.5) is 0 Å². The van der Waals surface area contributed by atoms with Crippen molar-refractivity contribution in [1.29, 1.82) is 0 Å². The lowest BCUT2D eigenvalue weighted by Crippen LogP contribution is -2.20. The third-order valence-electron chi connectivity index (χ3n) is 2.05. The second-order valence-electron chi connectivity index (χ2n) is 3.09. The first kappa shape index (κ1) is 9.33. The van der Waals surface area contributed by atoms with Crippen LogP contribution >= 0.6 is 0 Å². The molecule has 0 aliphatic rings. The van der Waals surface area contributed by atoms with E-state index in [1.165, 1.54) is 0 Å². The van der Waals surface area contributed by atoms with Gasteiger partial charge < -0.3 is 10.2 Å². The average molecular weight is 167 g/mol. The number of furan rings is 1. The molecule has 1 aromatic rings. The van der Waals surface area contributed by atoms with Gasteiger partial charge in [-0.25, -0.2) is 0 Å². The third-order valence-corrected chi connectivity index (χ3v) is 2.05. The molecule has 12 heavy (non-hydrogen) atoms. The number of hydrogen-bond donors (Lipinski definition) is 1. The molecule has 1 aromatic heterocycles. The first-order chi connectivity index (χ1) is 5.76. The van der Waals surface area contributed by atoms with Gasteiger partial charge in [-0.05, 0) is 18.6 Å². The van der Waals surface area contributed by atoms with Crippen LogP contribution in [0.5, 0.6) is 0 Å². The first-order valence-corrected chi connectivity index (χ1v) is 4.59. The number of nitrogens with two attached hydrogens (primary N) is 1. The van der Waals surface area contributed by atoms with E-state index in [4.69, 9.17) is 10.2 Å². The third kappa shape index (κ3) is 2.38. The van der Waals surface area contributed by atoms with Crippen molar-refractivity contribution in [3.05, 3.63) is 23.7 Å². The number of rotatable bonds is 4. The van der Waals surface area contributed by atoms with Gasteiger partial charge in [0.05, 0.1) is 0 Å². The molecule has 0 radical (unpaired) electrons. The molecule has 0 spiro atoms. The molecule has 2 N–H and O–H groups in total. The standard InChI is InChI=1S/C10H17NO/c1-3-8(11)7-10-6-5-9(4-2)12-10/h5-6,8H,3-4,7,11H2,1-2H3. The van der Waals surface area contributed by atoms with Crippen LogP contribution in [0.1, 0.15) is 31.8 Å². The molecule has 68 valence electrons. The Kier molecular flexibility index (Phi) is 3.35. The van der Waals surface area contributed by atoms with E-state index in [0.29, 0.717) is 0 Å². The molecule has 1 heterocycles. The van der Waals surface area contributed by atoms with Gasteiger partial charge in [0.1, 0.15) is 11.5 Å². The molecule has 0 bridgehead atoms. The lowest BCUT2D eigenvalue weighted by Gasteiger charge is -2.04. The van der Waals surface area contributed by atoms with Gasteiger partial charge in [0.15, 0.2) is 0 Å². The summed E-state index contributed by atoms with van der Waals surface area (Å²) in [5, 5.41) is 0. The van der Waals surface area contributed by atoms with Gasteiger partial charge in [0, 0.05) is 18.9 Å². The van der Waals surface area contributed by atoms with Crippen LogP contribution in [-0.4, -0.2) is 6.04 Å². The van der Waals surface area contributed by atoms with Crippen molar-refractivity contribution >= 4 is 0 Å². The Bertz CT molecular complexity index is 229. The molecule has 2 heteroatoms. The minimum absolute atomic E-state index is 0.237. The Morgan fingerprint density at radius 3 is 2.50 bits per heavy atom. The molecule has 0 fully saturated rings. The Balaban J connectivity index is 2.52. The fraction of sp³-hybridized carbons (Fsp3) is 0.600. The predicted octanol–water partition coefficient (Wildman–Crippen LogP) is 2.12. The predicted molar refractivity (Wildman–Crippen MR) is 50.1 cm³/mol. The molecule has 1 rings (SSSR count). The second-order valence-corrected chi connectivity index (χ2v) is 3.09. The Labute approximate surface area is 73.8 Å². The highest BCUT2D eigenvalue weighted by Gasteiger charge is 2.04. The van der Waals surface area contributed by atoms with E-state index in [0.717, 1.165) is 30.8 Å². The van der Waals surface area contributed by atoms with Crippen molar-refractivity contribution in [3.63, 3.8) is 0 Å². The normalized spacial score (nSPS) is 13.2. The van der Waals surface area contributed by atoms with Crippen LogP contribution in [0.25, 0.3) is 0 Å². The quantitative estimate of drug-likeness (QED) is 0.746. The van der Waals surface area contributed by atoms with Crippen LogP contribution < -0.4 is 5.73 Å². The van der Waals surface area contributed by atoms with Crippen molar-refractivity contribution in [2.75, 3.05) is 0 Å². The summed E-state index contributed by atoms with van der Waals surface area (Å²) in [5.74, 6) is 2.06. The van der Waals surface area contributed by atoms with Gasteiger partial charge >= 0.3 is 0 Å². The lowest BCUT2D eigenvalue weighted by molar-refractivity contribution is 0.449. The van der Waals surface area contributed by atoms with Crippen LogP contribution in [0.2, 0.25) is 0 Å². The van der Waals surface area contributed by atoms with Gasteiger partial charge in [-0.3, -0.25) is 0 Å². The van der Waals surface area contributed by atoms with Crippen molar-refractivity contribution < 1.29 is 4.42 Å². The van der Waals surface area contributed by atoms with Crippen molar-refractivity contribution in [2.24, 2.45) is 5.73 Å². The molecule has 0 aromatic carbocycles. The summed E-state index contributed by atoms with van der Waals surface area (Å²) < 4.78 is 5.53. The fourth-order valence-electron chi connectivity index (χ4n) is 1.12. The highest BCUT2D eigenvalue weighted by atomic mass is 16.3. The van der Waals surface area contributed by atoms with Gasteiger partial charge in [-0.2, -0.15) is 0 Å². The first-order valence-electron chi connectivity index (χ1n) is 4.59. The highest BCUT2D eigenvalue weighted by Crippen LogP contribution is 2.10. The summed E-state index contributed by atoms with van der Waals surface area (Å²) >= 11 is 0. The Hall–Kier alpha value is -0.760. The maximum atomic E-state index is 5.80. The zero-order valence-electron chi connectivity index (χ0n) is 7.84.